The molecule has 1 heterocycles. The number of nitrogens with zero attached hydrogens (tertiary/aromatic N) is 1. The highest BCUT2D eigenvalue weighted by Gasteiger charge is 2.41. The molecule has 0 amide bonds. The summed E-state index contributed by atoms with van der Waals surface area (Å²) in [4.78, 5) is 13.5. The molecule has 0 spiro atoms. The van der Waals surface area contributed by atoms with Crippen molar-refractivity contribution in [2.24, 2.45) is 11.8 Å². The average Bonchev–Trinajstić information content (AvgIpc) is 3.18. The van der Waals surface area contributed by atoms with Crippen LogP contribution in [0.3, 0.4) is 0 Å². The van der Waals surface area contributed by atoms with Crippen molar-refractivity contribution in [2.75, 3.05) is 13.1 Å². The van der Waals surface area contributed by atoms with E-state index in [4.69, 9.17) is 0 Å². The Kier molecular flexibility index (Phi) is 5.11. The molecule has 4 rings (SSSR count). The molecule has 2 atom stereocenters. The van der Waals surface area contributed by atoms with Crippen molar-refractivity contribution < 1.29 is 13.2 Å². The van der Waals surface area contributed by atoms with E-state index in [0.29, 0.717) is 5.56 Å². The summed E-state index contributed by atoms with van der Waals surface area (Å²) in [5, 5.41) is 2.06. The van der Waals surface area contributed by atoms with Crippen LogP contribution >= 0.6 is 0 Å². The van der Waals surface area contributed by atoms with E-state index in [2.05, 4.69) is 6.58 Å². The monoisotopic (exact) mass is 405 g/mol. The number of carbonyl (C=O) groups excluding carboxylic acids is 1. The number of sulfonamides is 1. The van der Waals surface area contributed by atoms with Crippen LogP contribution in [-0.2, 0) is 10.0 Å². The highest BCUT2D eigenvalue weighted by molar-refractivity contribution is 7.89. The fourth-order valence-corrected chi connectivity index (χ4v) is 5.42. The lowest BCUT2D eigenvalue weighted by Gasteiger charge is -2.16. The number of rotatable bonds is 5. The standard InChI is InChI=1S/C24H23NO3S/c1-3-18-15-25(29(27,28)22-12-8-17(2)9-13-22)16-23(18)24(26)21-11-10-19-6-4-5-7-20(19)14-21/h3-14,18,23H,1,15-16H2,2H3/t18-,23+/m0/s1. The Morgan fingerprint density at radius 1 is 1.00 bits per heavy atom. The van der Waals surface area contributed by atoms with Gasteiger partial charge in [-0.2, -0.15) is 4.31 Å². The Hall–Kier alpha value is -2.76. The van der Waals surface area contributed by atoms with Gasteiger partial charge in [0.2, 0.25) is 10.0 Å². The van der Waals surface area contributed by atoms with Gasteiger partial charge in [0.1, 0.15) is 0 Å². The zero-order chi connectivity index (χ0) is 20.6. The normalized spacial score (nSPS) is 20.0. The number of ketones is 1. The van der Waals surface area contributed by atoms with Crippen molar-refractivity contribution in [3.8, 4) is 0 Å². The molecule has 1 aliphatic rings. The van der Waals surface area contributed by atoms with Crippen LogP contribution < -0.4 is 0 Å². The molecule has 0 N–H and O–H groups in total. The van der Waals surface area contributed by atoms with Crippen LogP contribution in [-0.4, -0.2) is 31.6 Å². The Bertz CT molecular complexity index is 1180. The van der Waals surface area contributed by atoms with Crippen LogP contribution in [0.4, 0.5) is 0 Å². The predicted octanol–water partition coefficient (Wildman–Crippen LogP) is 4.45. The zero-order valence-corrected chi connectivity index (χ0v) is 17.1. The molecule has 148 valence electrons. The topological polar surface area (TPSA) is 54.5 Å². The van der Waals surface area contributed by atoms with E-state index in [1.165, 1.54) is 4.31 Å². The summed E-state index contributed by atoms with van der Waals surface area (Å²) in [5.41, 5.74) is 1.61. The number of fused-ring (bicyclic) bond motifs is 1. The molecule has 3 aromatic carbocycles. The van der Waals surface area contributed by atoms with Gasteiger partial charge in [-0.3, -0.25) is 4.79 Å². The minimum Gasteiger partial charge on any atom is -0.294 e. The van der Waals surface area contributed by atoms with Gasteiger partial charge in [-0.15, -0.1) is 6.58 Å². The highest BCUT2D eigenvalue weighted by atomic mass is 32.2. The van der Waals surface area contributed by atoms with Crippen LogP contribution in [0.5, 0.6) is 0 Å². The van der Waals surface area contributed by atoms with Crippen LogP contribution in [0, 0.1) is 18.8 Å². The molecule has 0 unspecified atom stereocenters. The highest BCUT2D eigenvalue weighted by Crippen LogP contribution is 2.32. The van der Waals surface area contributed by atoms with Crippen molar-refractivity contribution in [2.45, 2.75) is 11.8 Å². The molecule has 0 bridgehead atoms. The molecule has 5 heteroatoms. The van der Waals surface area contributed by atoms with Crippen molar-refractivity contribution in [3.63, 3.8) is 0 Å². The van der Waals surface area contributed by atoms with Crippen molar-refractivity contribution in [1.82, 2.24) is 4.31 Å². The summed E-state index contributed by atoms with van der Waals surface area (Å²) >= 11 is 0. The number of benzene rings is 3. The largest absolute Gasteiger partial charge is 0.294 e. The van der Waals surface area contributed by atoms with Crippen molar-refractivity contribution in [3.05, 3.63) is 90.5 Å². The van der Waals surface area contributed by atoms with Crippen molar-refractivity contribution >= 4 is 26.6 Å². The number of aryl methyl sites for hydroxylation is 1. The average molecular weight is 406 g/mol. The van der Waals surface area contributed by atoms with Crippen LogP contribution in [0.25, 0.3) is 10.8 Å². The molecular formula is C24H23NO3S. The Balaban J connectivity index is 1.62. The first-order valence-corrected chi connectivity index (χ1v) is 11.1. The maximum absolute atomic E-state index is 13.2. The smallest absolute Gasteiger partial charge is 0.243 e. The minimum atomic E-state index is -3.65. The third-order valence-corrected chi connectivity index (χ3v) is 7.51. The Morgan fingerprint density at radius 3 is 2.38 bits per heavy atom. The first-order chi connectivity index (χ1) is 13.9. The van der Waals surface area contributed by atoms with Gasteiger partial charge >= 0.3 is 0 Å². The Morgan fingerprint density at radius 2 is 1.69 bits per heavy atom. The van der Waals surface area contributed by atoms with Gasteiger partial charge in [-0.25, -0.2) is 8.42 Å². The molecule has 4 nitrogen and oxygen atoms in total. The van der Waals surface area contributed by atoms with Gasteiger partial charge in [0, 0.05) is 30.5 Å². The van der Waals surface area contributed by atoms with E-state index in [1.807, 2.05) is 49.4 Å². The van der Waals surface area contributed by atoms with Crippen LogP contribution in [0.15, 0.2) is 84.3 Å². The summed E-state index contributed by atoms with van der Waals surface area (Å²) in [6, 6.07) is 20.3. The lowest BCUT2D eigenvalue weighted by molar-refractivity contribution is 0.0912. The van der Waals surface area contributed by atoms with Gasteiger partial charge in [0.15, 0.2) is 5.78 Å². The van der Waals surface area contributed by atoms with E-state index in [9.17, 15) is 13.2 Å². The maximum atomic E-state index is 13.2. The second-order valence-corrected chi connectivity index (χ2v) is 9.51. The summed E-state index contributed by atoms with van der Waals surface area (Å²) < 4.78 is 27.5. The Labute approximate surface area is 171 Å². The molecule has 0 radical (unpaired) electrons. The van der Waals surface area contributed by atoms with E-state index in [1.54, 1.807) is 30.3 Å². The fraction of sp³-hybridized carbons (Fsp3) is 0.208. The molecule has 1 fully saturated rings. The lowest BCUT2D eigenvalue weighted by Crippen LogP contribution is -2.30. The first-order valence-electron chi connectivity index (χ1n) is 9.62. The summed E-state index contributed by atoms with van der Waals surface area (Å²) in [6.07, 6.45) is 1.70. The van der Waals surface area contributed by atoms with Gasteiger partial charge in [-0.05, 0) is 35.9 Å². The van der Waals surface area contributed by atoms with E-state index < -0.39 is 15.9 Å². The summed E-state index contributed by atoms with van der Waals surface area (Å²) in [5.74, 6) is -0.690. The number of carbonyl (C=O) groups is 1. The molecule has 0 aliphatic carbocycles. The maximum Gasteiger partial charge on any atom is 0.243 e. The predicted molar refractivity (Wildman–Crippen MR) is 115 cm³/mol. The van der Waals surface area contributed by atoms with E-state index >= 15 is 0 Å². The second kappa shape index (κ2) is 7.58. The minimum absolute atomic E-state index is 0.0396. The van der Waals surface area contributed by atoms with E-state index in [-0.39, 0.29) is 29.7 Å². The molecular weight excluding hydrogens is 382 g/mol. The quantitative estimate of drug-likeness (QED) is 0.465. The summed E-state index contributed by atoms with van der Waals surface area (Å²) in [6.45, 7) is 6.19. The van der Waals surface area contributed by atoms with Gasteiger partial charge in [0.05, 0.1) is 4.90 Å². The fourth-order valence-electron chi connectivity index (χ4n) is 3.92. The molecule has 29 heavy (non-hydrogen) atoms. The first kappa shape index (κ1) is 19.6. The SMILES string of the molecule is C=C[C@H]1CN(S(=O)(=O)c2ccc(C)cc2)C[C@H]1C(=O)c1ccc2ccccc2c1. The molecule has 0 aromatic heterocycles. The van der Waals surface area contributed by atoms with Crippen LogP contribution in [0.1, 0.15) is 15.9 Å². The molecule has 1 aliphatic heterocycles. The van der Waals surface area contributed by atoms with E-state index in [0.717, 1.165) is 16.3 Å². The van der Waals surface area contributed by atoms with Gasteiger partial charge < -0.3 is 0 Å². The van der Waals surface area contributed by atoms with Gasteiger partial charge in [0.25, 0.3) is 0 Å². The summed E-state index contributed by atoms with van der Waals surface area (Å²) in [7, 11) is -3.65. The molecule has 0 saturated carbocycles. The van der Waals surface area contributed by atoms with Crippen LogP contribution in [0.2, 0.25) is 0 Å². The van der Waals surface area contributed by atoms with Gasteiger partial charge in [-0.1, -0.05) is 60.2 Å². The number of Topliss-reactive ketones (excluding diaryl/α,β-unsaturated/α-hetero) is 1. The third-order valence-electron chi connectivity index (χ3n) is 5.66. The number of hydrogen-bond acceptors (Lipinski definition) is 3. The van der Waals surface area contributed by atoms with Crippen molar-refractivity contribution in [1.29, 1.82) is 0 Å². The lowest BCUT2D eigenvalue weighted by atomic mass is 9.88. The number of hydrogen-bond donors (Lipinski definition) is 0. The molecule has 1 saturated heterocycles. The third kappa shape index (κ3) is 3.63. The second-order valence-electron chi connectivity index (χ2n) is 7.57. The molecule has 3 aromatic rings. The zero-order valence-electron chi connectivity index (χ0n) is 16.3.